The van der Waals surface area contributed by atoms with Crippen LogP contribution in [-0.4, -0.2) is 28.9 Å². The van der Waals surface area contributed by atoms with Crippen LogP contribution in [0.25, 0.3) is 0 Å². The molecule has 3 aromatic rings. The maximum Gasteiger partial charge on any atom is 0.586 e. The zero-order valence-corrected chi connectivity index (χ0v) is 19.3. The quantitative estimate of drug-likeness (QED) is 0.377. The highest BCUT2D eigenvalue weighted by Gasteiger charge is 2.71. The Bertz CT molecular complexity index is 1340. The van der Waals surface area contributed by atoms with Gasteiger partial charge in [0.15, 0.2) is 23.9 Å². The molecule has 4 aliphatic rings. The lowest BCUT2D eigenvalue weighted by Crippen LogP contribution is -2.65. The van der Waals surface area contributed by atoms with Gasteiger partial charge in [-0.2, -0.15) is 0 Å². The van der Waals surface area contributed by atoms with Gasteiger partial charge in [-0.1, -0.05) is 11.6 Å². The molecule has 36 heavy (non-hydrogen) atoms. The number of benzene rings is 2. The van der Waals surface area contributed by atoms with E-state index in [9.17, 15) is 18.0 Å². The van der Waals surface area contributed by atoms with Gasteiger partial charge in [-0.05, 0) is 48.9 Å². The minimum Gasteiger partial charge on any atom is -0.486 e. The summed E-state index contributed by atoms with van der Waals surface area (Å²) in [7, 11) is 0. The highest BCUT2D eigenvalue weighted by molar-refractivity contribution is 6.30. The fourth-order valence-electron chi connectivity index (χ4n) is 5.30. The number of hydrogen-bond donors (Lipinski definition) is 0. The zero-order chi connectivity index (χ0) is 25.1. The van der Waals surface area contributed by atoms with E-state index >= 15 is 0 Å². The molecule has 0 radical (unpaired) electrons. The van der Waals surface area contributed by atoms with E-state index in [1.807, 2.05) is 0 Å². The van der Waals surface area contributed by atoms with Crippen molar-refractivity contribution in [1.29, 1.82) is 0 Å². The van der Waals surface area contributed by atoms with E-state index in [2.05, 4.69) is 19.7 Å². The van der Waals surface area contributed by atoms with Gasteiger partial charge in [-0.3, -0.25) is 4.79 Å². The molecule has 0 N–H and O–H groups in total. The fourth-order valence-corrected chi connectivity index (χ4v) is 5.42. The summed E-state index contributed by atoms with van der Waals surface area (Å²) in [5.41, 5.74) is -0.356. The smallest absolute Gasteiger partial charge is 0.486 e. The third-order valence-electron chi connectivity index (χ3n) is 6.66. The number of hydrogen-bond acceptors (Lipinski definition) is 8. The molecule has 0 amide bonds. The number of ketones is 1. The molecule has 0 spiro atoms. The molecule has 1 aliphatic heterocycles. The second kappa shape index (κ2) is 8.02. The maximum absolute atomic E-state index is 13.5. The lowest BCUT2D eigenvalue weighted by molar-refractivity contribution is -0.286. The van der Waals surface area contributed by atoms with Crippen molar-refractivity contribution in [3.05, 3.63) is 59.0 Å². The van der Waals surface area contributed by atoms with E-state index in [1.165, 1.54) is 30.3 Å². The summed E-state index contributed by atoms with van der Waals surface area (Å²) in [6.45, 7) is -0.194. The van der Waals surface area contributed by atoms with Crippen molar-refractivity contribution in [3.63, 3.8) is 0 Å². The van der Waals surface area contributed by atoms with Crippen LogP contribution in [0.3, 0.4) is 0 Å². The number of aromatic nitrogens is 2. The van der Waals surface area contributed by atoms with Gasteiger partial charge in [0.2, 0.25) is 5.89 Å². The summed E-state index contributed by atoms with van der Waals surface area (Å²) in [5, 5.41) is 8.15. The van der Waals surface area contributed by atoms with Crippen LogP contribution in [0.2, 0.25) is 5.02 Å². The Balaban J connectivity index is 0.977. The molecule has 3 aliphatic carbocycles. The maximum atomic E-state index is 13.5. The van der Waals surface area contributed by atoms with Crippen molar-refractivity contribution in [1.82, 2.24) is 10.2 Å². The van der Waals surface area contributed by atoms with Crippen LogP contribution in [0.5, 0.6) is 23.0 Å². The molecule has 2 heterocycles. The van der Waals surface area contributed by atoms with Gasteiger partial charge in [0.1, 0.15) is 23.9 Å². The predicted octanol–water partition coefficient (Wildman–Crippen LogP) is 5.22. The van der Waals surface area contributed by atoms with Crippen molar-refractivity contribution < 1.29 is 41.3 Å². The average molecular weight is 523 g/mol. The SMILES string of the molecule is O=C(COc1ccc2c(c1)OC(F)(F)O2)CC12CC(c3nnc(COc4ccc(Cl)c(F)c4)o3)(C1)C2. The number of ether oxygens (including phenoxy) is 4. The van der Waals surface area contributed by atoms with E-state index in [0.29, 0.717) is 18.1 Å². The Hall–Kier alpha value is -3.47. The van der Waals surface area contributed by atoms with Crippen LogP contribution in [0.1, 0.15) is 37.5 Å². The van der Waals surface area contributed by atoms with Gasteiger partial charge in [-0.15, -0.1) is 19.0 Å². The van der Waals surface area contributed by atoms with Crippen molar-refractivity contribution in [2.45, 2.75) is 44.0 Å². The molecular formula is C24H18ClF3N2O6. The summed E-state index contributed by atoms with van der Waals surface area (Å²) in [6.07, 6.45) is -1.13. The average Bonchev–Trinajstić information content (AvgIpc) is 3.36. The largest absolute Gasteiger partial charge is 0.586 e. The number of carbonyl (C=O) groups is 1. The number of alkyl halides is 2. The minimum absolute atomic E-state index is 0.00491. The van der Waals surface area contributed by atoms with Crippen LogP contribution < -0.4 is 18.9 Å². The van der Waals surface area contributed by atoms with Gasteiger partial charge >= 0.3 is 6.29 Å². The van der Waals surface area contributed by atoms with E-state index in [0.717, 1.165) is 19.3 Å². The Morgan fingerprint density at radius 2 is 1.72 bits per heavy atom. The molecule has 7 rings (SSSR count). The molecule has 2 bridgehead atoms. The fraction of sp³-hybridized carbons (Fsp3) is 0.375. The molecule has 12 heteroatoms. The second-order valence-electron chi connectivity index (χ2n) is 9.46. The topological polar surface area (TPSA) is 92.9 Å². The lowest BCUT2D eigenvalue weighted by atomic mass is 9.34. The van der Waals surface area contributed by atoms with Crippen molar-refractivity contribution in [2.24, 2.45) is 5.41 Å². The third-order valence-corrected chi connectivity index (χ3v) is 6.97. The van der Waals surface area contributed by atoms with E-state index in [1.54, 1.807) is 6.07 Å². The van der Waals surface area contributed by atoms with Crippen LogP contribution in [0.4, 0.5) is 13.2 Å². The normalized spacial score (nSPS) is 24.6. The van der Waals surface area contributed by atoms with E-state index < -0.39 is 12.1 Å². The van der Waals surface area contributed by atoms with Crippen molar-refractivity contribution in [2.75, 3.05) is 6.61 Å². The number of Topliss-reactive ketones (excluding diaryl/α,β-unsaturated/α-hetero) is 1. The summed E-state index contributed by atoms with van der Waals surface area (Å²) in [5.74, 6) is 0.390. The molecule has 2 aromatic carbocycles. The summed E-state index contributed by atoms with van der Waals surface area (Å²) < 4.78 is 65.2. The Labute approximate surface area is 207 Å². The predicted molar refractivity (Wildman–Crippen MR) is 116 cm³/mol. The van der Waals surface area contributed by atoms with Crippen molar-refractivity contribution >= 4 is 17.4 Å². The number of nitrogens with zero attached hydrogens (tertiary/aromatic N) is 2. The third kappa shape index (κ3) is 4.11. The Morgan fingerprint density at radius 3 is 2.50 bits per heavy atom. The molecule has 0 atom stereocenters. The van der Waals surface area contributed by atoms with Gasteiger partial charge in [0.05, 0.1) is 10.4 Å². The number of halogens is 4. The molecule has 8 nitrogen and oxygen atoms in total. The number of carbonyl (C=O) groups excluding carboxylic acids is 1. The van der Waals surface area contributed by atoms with Gasteiger partial charge in [-0.25, -0.2) is 4.39 Å². The molecular weight excluding hydrogens is 505 g/mol. The van der Waals surface area contributed by atoms with Crippen LogP contribution in [0.15, 0.2) is 40.8 Å². The van der Waals surface area contributed by atoms with Crippen molar-refractivity contribution in [3.8, 4) is 23.0 Å². The summed E-state index contributed by atoms with van der Waals surface area (Å²) in [6, 6.07) is 8.12. The van der Waals surface area contributed by atoms with E-state index in [4.69, 9.17) is 25.5 Å². The molecule has 188 valence electrons. The first-order valence-electron chi connectivity index (χ1n) is 11.1. The van der Waals surface area contributed by atoms with Gasteiger partial charge < -0.3 is 23.4 Å². The zero-order valence-electron chi connectivity index (χ0n) is 18.6. The molecule has 3 saturated carbocycles. The monoisotopic (exact) mass is 522 g/mol. The molecule has 3 fully saturated rings. The standard InChI is InChI=1S/C24H18ClF3N2O6/c25-16-3-1-14(5-17(16)26)33-9-20-29-30-21(34-20)23-10-22(11-23,12-23)7-13(31)8-32-15-2-4-18-19(6-15)36-24(27,28)35-18/h1-6H,7-12H2. The first-order valence-corrected chi connectivity index (χ1v) is 11.5. The van der Waals surface area contributed by atoms with Crippen LogP contribution >= 0.6 is 11.6 Å². The second-order valence-corrected chi connectivity index (χ2v) is 9.86. The summed E-state index contributed by atoms with van der Waals surface area (Å²) in [4.78, 5) is 12.5. The van der Waals surface area contributed by atoms with Gasteiger partial charge in [0.25, 0.3) is 5.89 Å². The number of fused-ring (bicyclic) bond motifs is 1. The highest BCUT2D eigenvalue weighted by atomic mass is 35.5. The molecule has 0 saturated heterocycles. The highest BCUT2D eigenvalue weighted by Crippen LogP contribution is 2.74. The Morgan fingerprint density at radius 1 is 1.00 bits per heavy atom. The first-order chi connectivity index (χ1) is 17.1. The first kappa shape index (κ1) is 23.0. The molecule has 1 aromatic heterocycles. The van der Waals surface area contributed by atoms with E-state index in [-0.39, 0.29) is 58.0 Å². The van der Waals surface area contributed by atoms with Crippen LogP contribution in [0, 0.1) is 11.2 Å². The number of rotatable bonds is 9. The Kier molecular flexibility index (Phi) is 5.12. The molecule has 0 unspecified atom stereocenters. The van der Waals surface area contributed by atoms with Gasteiger partial charge in [0, 0.05) is 18.6 Å². The van der Waals surface area contributed by atoms with Crippen LogP contribution in [-0.2, 0) is 16.8 Å². The minimum atomic E-state index is -3.71. The summed E-state index contributed by atoms with van der Waals surface area (Å²) >= 11 is 5.66. The lowest BCUT2D eigenvalue weighted by Gasteiger charge is -2.68.